The van der Waals surface area contributed by atoms with Gasteiger partial charge in [0.2, 0.25) is 0 Å². The third-order valence-corrected chi connectivity index (χ3v) is 5.21. The van der Waals surface area contributed by atoms with Crippen LogP contribution in [0.1, 0.15) is 28.4 Å². The average Bonchev–Trinajstić information content (AvgIpc) is 2.74. The van der Waals surface area contributed by atoms with Gasteiger partial charge >= 0.3 is 0 Å². The minimum Gasteiger partial charge on any atom is -0.505 e. The van der Waals surface area contributed by atoms with Gasteiger partial charge in [-0.25, -0.2) is 4.39 Å². The first-order chi connectivity index (χ1) is 14.3. The minimum absolute atomic E-state index is 0.0300. The van der Waals surface area contributed by atoms with E-state index in [9.17, 15) is 24.2 Å². The molecule has 0 unspecified atom stereocenters. The van der Waals surface area contributed by atoms with Crippen LogP contribution in [0.4, 0.5) is 4.39 Å². The Morgan fingerprint density at radius 1 is 1.37 bits per heavy atom. The summed E-state index contributed by atoms with van der Waals surface area (Å²) in [6, 6.07) is 5.93. The average molecular weight is 413 g/mol. The quantitative estimate of drug-likeness (QED) is 0.595. The predicted molar refractivity (Wildman–Crippen MR) is 106 cm³/mol. The van der Waals surface area contributed by atoms with E-state index >= 15 is 0 Å². The van der Waals surface area contributed by atoms with E-state index in [1.165, 1.54) is 29.9 Å². The lowest BCUT2D eigenvalue weighted by Crippen LogP contribution is -2.48. The second-order valence-electron chi connectivity index (χ2n) is 7.52. The Balaban J connectivity index is 2.00. The summed E-state index contributed by atoms with van der Waals surface area (Å²) in [5.74, 6) is -1.35. The Bertz CT molecular complexity index is 1220. The first kappa shape index (κ1) is 19.8. The Hall–Kier alpha value is -3.46. The lowest BCUT2D eigenvalue weighted by molar-refractivity contribution is 0.00353. The van der Waals surface area contributed by atoms with Crippen LogP contribution < -0.4 is 15.6 Å². The summed E-state index contributed by atoms with van der Waals surface area (Å²) < 4.78 is 20.6. The molecule has 8 nitrogen and oxygen atoms in total. The van der Waals surface area contributed by atoms with Crippen LogP contribution in [0, 0.1) is 5.82 Å². The van der Waals surface area contributed by atoms with Crippen LogP contribution in [0.25, 0.3) is 11.0 Å². The number of benzene rings is 1. The highest BCUT2D eigenvalue weighted by molar-refractivity contribution is 6.02. The van der Waals surface area contributed by atoms with Crippen LogP contribution >= 0.6 is 0 Å². The van der Waals surface area contributed by atoms with Crippen molar-refractivity contribution in [3.63, 3.8) is 0 Å². The maximum Gasteiger partial charge on any atom is 0.268 e. The molecular formula is C21H20FN3O5. The van der Waals surface area contributed by atoms with E-state index in [1.807, 2.05) is 0 Å². The van der Waals surface area contributed by atoms with E-state index in [0.29, 0.717) is 12.0 Å². The molecule has 3 N–H and O–H groups in total. The van der Waals surface area contributed by atoms with Crippen LogP contribution in [0.15, 0.2) is 35.3 Å². The number of nitrogens with zero attached hydrogens (tertiary/aromatic N) is 2. The van der Waals surface area contributed by atoms with Gasteiger partial charge in [-0.2, -0.15) is 0 Å². The van der Waals surface area contributed by atoms with Gasteiger partial charge in [-0.3, -0.25) is 19.1 Å². The zero-order valence-corrected chi connectivity index (χ0v) is 16.4. The van der Waals surface area contributed by atoms with Crippen LogP contribution in [0.2, 0.25) is 0 Å². The number of ether oxygens (including phenoxy) is 1. The van der Waals surface area contributed by atoms with Gasteiger partial charge in [0.15, 0.2) is 11.5 Å². The fraction of sp³-hybridized carbons (Fsp3) is 0.286. The van der Waals surface area contributed by atoms with Crippen LogP contribution in [-0.2, 0) is 13.0 Å². The van der Waals surface area contributed by atoms with Crippen LogP contribution in [0.3, 0.4) is 0 Å². The number of amides is 1. The molecule has 4 rings (SSSR count). The summed E-state index contributed by atoms with van der Waals surface area (Å²) in [5, 5.41) is 22.8. The molecule has 0 radical (unpaired) electrons. The summed E-state index contributed by atoms with van der Waals surface area (Å²) >= 11 is 0. The number of rotatable bonds is 4. The van der Waals surface area contributed by atoms with Gasteiger partial charge in [0, 0.05) is 25.2 Å². The largest absolute Gasteiger partial charge is 0.505 e. The van der Waals surface area contributed by atoms with E-state index in [1.54, 1.807) is 19.1 Å². The fourth-order valence-electron chi connectivity index (χ4n) is 3.64. The molecule has 0 spiro atoms. The predicted octanol–water partition coefficient (Wildman–Crippen LogP) is 1.33. The second-order valence-corrected chi connectivity index (χ2v) is 7.52. The lowest BCUT2D eigenvalue weighted by atomic mass is 10.00. The number of aliphatic hydroxyl groups is 1. The highest BCUT2D eigenvalue weighted by Gasteiger charge is 2.37. The zero-order chi connectivity index (χ0) is 21.6. The van der Waals surface area contributed by atoms with Crippen molar-refractivity contribution in [3.05, 3.63) is 63.3 Å². The lowest BCUT2D eigenvalue weighted by Gasteiger charge is -2.36. The van der Waals surface area contributed by atoms with Gasteiger partial charge in [0.1, 0.15) is 28.0 Å². The maximum atomic E-state index is 13.2. The third-order valence-electron chi connectivity index (χ3n) is 5.21. The van der Waals surface area contributed by atoms with Crippen LogP contribution in [-0.4, -0.2) is 44.9 Å². The molecule has 0 aliphatic carbocycles. The van der Waals surface area contributed by atoms with Crippen molar-refractivity contribution in [1.29, 1.82) is 0 Å². The van der Waals surface area contributed by atoms with Crippen molar-refractivity contribution in [3.8, 4) is 11.5 Å². The Labute approximate surface area is 170 Å². The number of hydrogen-bond acceptors (Lipinski definition) is 6. The molecule has 0 bridgehead atoms. The van der Waals surface area contributed by atoms with Crippen molar-refractivity contribution < 1.29 is 24.1 Å². The van der Waals surface area contributed by atoms with Gasteiger partial charge in [-0.1, -0.05) is 12.1 Å². The van der Waals surface area contributed by atoms with Crippen molar-refractivity contribution in [2.75, 3.05) is 13.7 Å². The zero-order valence-electron chi connectivity index (χ0n) is 16.4. The monoisotopic (exact) mass is 413 g/mol. The molecule has 30 heavy (non-hydrogen) atoms. The summed E-state index contributed by atoms with van der Waals surface area (Å²) in [6.07, 6.45) is 1.80. The number of aromatic hydroxyl groups is 1. The number of hydrogen-bond donors (Lipinski definition) is 3. The molecule has 1 atom stereocenters. The van der Waals surface area contributed by atoms with E-state index in [-0.39, 0.29) is 35.8 Å². The van der Waals surface area contributed by atoms with Gasteiger partial charge in [0.05, 0.1) is 13.2 Å². The van der Waals surface area contributed by atoms with Crippen molar-refractivity contribution in [1.82, 2.24) is 14.9 Å². The molecule has 1 aliphatic heterocycles. The smallest absolute Gasteiger partial charge is 0.268 e. The van der Waals surface area contributed by atoms with Crippen molar-refractivity contribution in [2.24, 2.45) is 0 Å². The van der Waals surface area contributed by atoms with Gasteiger partial charge in [-0.15, -0.1) is 0 Å². The number of aliphatic hydroxyl groups excluding tert-OH is 1. The first-order valence-corrected chi connectivity index (χ1v) is 9.31. The molecule has 2 aromatic heterocycles. The SMILES string of the molecule is CNC(=O)c1c(O)c2ncc(Cc3ccc(F)cc3)c3c2n(c1=O)C[C@](C)(CO)O3. The maximum absolute atomic E-state index is 13.2. The Morgan fingerprint density at radius 2 is 2.07 bits per heavy atom. The molecule has 9 heteroatoms. The molecule has 1 amide bonds. The number of halogens is 1. The number of nitrogens with one attached hydrogen (secondary N) is 1. The van der Waals surface area contributed by atoms with E-state index in [0.717, 1.165) is 5.56 Å². The summed E-state index contributed by atoms with van der Waals surface area (Å²) in [6.45, 7) is 1.23. The summed E-state index contributed by atoms with van der Waals surface area (Å²) in [7, 11) is 1.35. The molecular weight excluding hydrogens is 393 g/mol. The molecule has 1 aliphatic rings. The fourth-order valence-corrected chi connectivity index (χ4v) is 3.64. The normalized spacial score (nSPS) is 17.6. The highest BCUT2D eigenvalue weighted by atomic mass is 19.1. The first-order valence-electron chi connectivity index (χ1n) is 9.31. The highest BCUT2D eigenvalue weighted by Crippen LogP contribution is 2.39. The molecule has 0 saturated carbocycles. The van der Waals surface area contributed by atoms with E-state index < -0.39 is 28.4 Å². The number of carbonyl (C=O) groups is 1. The van der Waals surface area contributed by atoms with Crippen molar-refractivity contribution in [2.45, 2.75) is 25.5 Å². The Kier molecular flexibility index (Phi) is 4.70. The van der Waals surface area contributed by atoms with Crippen LogP contribution in [0.5, 0.6) is 11.5 Å². The molecule has 156 valence electrons. The third kappa shape index (κ3) is 3.07. The summed E-state index contributed by atoms with van der Waals surface area (Å²) in [4.78, 5) is 29.6. The van der Waals surface area contributed by atoms with E-state index in [4.69, 9.17) is 4.74 Å². The standard InChI is InChI=1S/C21H20FN3O5/c1-21(10-26)9-25-16-15(17(27)14(20(25)29)19(28)23-2)24-8-12(18(16)30-21)7-11-3-5-13(22)6-4-11/h3-6,8,26-27H,7,9-10H2,1-2H3,(H,23,28)/t21-/m1/s1. The van der Waals surface area contributed by atoms with E-state index in [2.05, 4.69) is 10.3 Å². The Morgan fingerprint density at radius 3 is 2.70 bits per heavy atom. The molecule has 0 saturated heterocycles. The topological polar surface area (TPSA) is 114 Å². The number of pyridine rings is 2. The number of carbonyl (C=O) groups excluding carboxylic acids is 1. The molecule has 3 aromatic rings. The van der Waals surface area contributed by atoms with Crippen molar-refractivity contribution >= 4 is 16.9 Å². The number of aromatic nitrogens is 2. The van der Waals surface area contributed by atoms with Gasteiger partial charge < -0.3 is 20.3 Å². The minimum atomic E-state index is -1.13. The van der Waals surface area contributed by atoms with Gasteiger partial charge in [0.25, 0.3) is 11.5 Å². The molecule has 1 aromatic carbocycles. The van der Waals surface area contributed by atoms with Gasteiger partial charge in [-0.05, 0) is 24.6 Å². The molecule has 0 fully saturated rings. The second kappa shape index (κ2) is 7.10. The molecule has 3 heterocycles. The summed E-state index contributed by atoms with van der Waals surface area (Å²) in [5.41, 5.74) is -0.579.